The largest absolute Gasteiger partial charge is 0.496 e. The minimum Gasteiger partial charge on any atom is -0.496 e. The van der Waals surface area contributed by atoms with Crippen molar-refractivity contribution < 1.29 is 23.4 Å². The van der Waals surface area contributed by atoms with Gasteiger partial charge in [0.15, 0.2) is 5.43 Å². The molecule has 0 aliphatic carbocycles. The van der Waals surface area contributed by atoms with Crippen LogP contribution in [0.1, 0.15) is 17.9 Å². The second-order valence-corrected chi connectivity index (χ2v) is 8.56. The van der Waals surface area contributed by atoms with Crippen molar-refractivity contribution in [2.45, 2.75) is 18.4 Å². The molecule has 1 aliphatic heterocycles. The predicted octanol–water partition coefficient (Wildman–Crippen LogP) is 4.70. The number of halogens is 3. The summed E-state index contributed by atoms with van der Waals surface area (Å²) in [6.45, 7) is 0.681. The van der Waals surface area contributed by atoms with Gasteiger partial charge < -0.3 is 23.9 Å². The second-order valence-electron chi connectivity index (χ2n) is 7.75. The maximum absolute atomic E-state index is 14.2. The maximum Gasteiger partial charge on any atom is 0.197 e. The van der Waals surface area contributed by atoms with E-state index in [0.29, 0.717) is 17.1 Å². The van der Waals surface area contributed by atoms with Crippen LogP contribution < -0.4 is 14.9 Å². The Kier molecular flexibility index (Phi) is 6.36. The molecule has 0 unspecified atom stereocenters. The third kappa shape index (κ3) is 3.73. The third-order valence-electron chi connectivity index (χ3n) is 6.06. The van der Waals surface area contributed by atoms with Gasteiger partial charge in [-0.25, -0.2) is 4.39 Å². The van der Waals surface area contributed by atoms with Crippen LogP contribution in [-0.2, 0) is 0 Å². The van der Waals surface area contributed by atoms with E-state index in [-0.39, 0.29) is 56.3 Å². The van der Waals surface area contributed by atoms with Gasteiger partial charge in [-0.15, -0.1) is 0 Å². The number of nitrogens with zero attached hydrogens (tertiary/aromatic N) is 1. The molecule has 2 atom stereocenters. The first-order valence-electron chi connectivity index (χ1n) is 9.99. The van der Waals surface area contributed by atoms with Gasteiger partial charge in [0.05, 0.1) is 30.9 Å². The van der Waals surface area contributed by atoms with Gasteiger partial charge in [0.1, 0.15) is 34.0 Å². The number of aliphatic hydroxyl groups is 1. The van der Waals surface area contributed by atoms with Crippen molar-refractivity contribution in [3.8, 4) is 22.8 Å². The number of aliphatic hydroxyl groups excluding tert-OH is 1. The van der Waals surface area contributed by atoms with Crippen LogP contribution in [0.2, 0.25) is 10.0 Å². The highest BCUT2D eigenvalue weighted by molar-refractivity contribution is 6.36. The summed E-state index contributed by atoms with van der Waals surface area (Å²) in [7, 11) is 4.90. The highest BCUT2D eigenvalue weighted by Crippen LogP contribution is 2.45. The van der Waals surface area contributed by atoms with Crippen molar-refractivity contribution in [2.75, 3.05) is 34.4 Å². The fourth-order valence-electron chi connectivity index (χ4n) is 4.43. The quantitative estimate of drug-likeness (QED) is 0.532. The fourth-order valence-corrected chi connectivity index (χ4v) is 4.91. The first-order chi connectivity index (χ1) is 15.3. The molecule has 2 heterocycles. The van der Waals surface area contributed by atoms with Crippen LogP contribution in [0.5, 0.6) is 11.5 Å². The normalized spacial score (nSPS) is 19.0. The monoisotopic (exact) mass is 481 g/mol. The first kappa shape index (κ1) is 22.9. The summed E-state index contributed by atoms with van der Waals surface area (Å²) < 4.78 is 31.5. The summed E-state index contributed by atoms with van der Waals surface area (Å²) in [5, 5.41) is 10.3. The Hall–Kier alpha value is -2.32. The Morgan fingerprint density at radius 2 is 1.88 bits per heavy atom. The van der Waals surface area contributed by atoms with Crippen molar-refractivity contribution in [3.63, 3.8) is 0 Å². The standard InChI is InChI=1S/C23H22Cl2FNO5/c1-27-5-4-11(16(27)10-28)21-19(30-2)9-20(31-3)22-17(29)8-18(32-23(21)22)12-6-15(26)14(25)7-13(12)24/h6-9,11,16,28H,4-5,10H2,1-3H3/t11-,16+/m0/s1. The van der Waals surface area contributed by atoms with Gasteiger partial charge in [0, 0.05) is 35.2 Å². The zero-order chi connectivity index (χ0) is 23.2. The van der Waals surface area contributed by atoms with Crippen LogP contribution in [0.4, 0.5) is 4.39 Å². The van der Waals surface area contributed by atoms with Crippen LogP contribution in [0, 0.1) is 5.82 Å². The van der Waals surface area contributed by atoms with E-state index < -0.39 is 5.82 Å². The number of likely N-dealkylation sites (tertiary alicyclic amines) is 1. The number of likely N-dealkylation sites (N-methyl/N-ethyl adjacent to an activating group) is 1. The molecule has 0 spiro atoms. The molecule has 0 amide bonds. The van der Waals surface area contributed by atoms with E-state index in [9.17, 15) is 14.3 Å². The molecular weight excluding hydrogens is 460 g/mol. The Balaban J connectivity index is 2.07. The molecule has 3 aromatic rings. The van der Waals surface area contributed by atoms with Gasteiger partial charge >= 0.3 is 0 Å². The summed E-state index contributed by atoms with van der Waals surface area (Å²) >= 11 is 12.1. The Morgan fingerprint density at radius 1 is 1.16 bits per heavy atom. The molecule has 6 nitrogen and oxygen atoms in total. The SMILES string of the molecule is COc1cc(OC)c2c(=O)cc(-c3cc(F)c(Cl)cc3Cl)oc2c1[C@H]1CCN(C)[C@@H]1CO. The average molecular weight is 482 g/mol. The predicted molar refractivity (Wildman–Crippen MR) is 122 cm³/mol. The van der Waals surface area contributed by atoms with Gasteiger partial charge in [-0.3, -0.25) is 4.79 Å². The molecule has 0 radical (unpaired) electrons. The van der Waals surface area contributed by atoms with Crippen LogP contribution >= 0.6 is 23.2 Å². The fraction of sp³-hybridized carbons (Fsp3) is 0.348. The third-order valence-corrected chi connectivity index (χ3v) is 6.67. The molecule has 0 saturated carbocycles. The summed E-state index contributed by atoms with van der Waals surface area (Å²) in [5.74, 6) is 0.00805. The maximum atomic E-state index is 14.2. The molecule has 1 N–H and O–H groups in total. The van der Waals surface area contributed by atoms with Crippen molar-refractivity contribution >= 4 is 34.2 Å². The molecule has 170 valence electrons. The molecule has 1 aromatic heterocycles. The van der Waals surface area contributed by atoms with E-state index in [0.717, 1.165) is 19.0 Å². The molecule has 32 heavy (non-hydrogen) atoms. The number of ether oxygens (including phenoxy) is 2. The number of rotatable bonds is 5. The minimum absolute atomic E-state index is 0.0734. The van der Waals surface area contributed by atoms with E-state index in [4.69, 9.17) is 37.1 Å². The highest BCUT2D eigenvalue weighted by atomic mass is 35.5. The van der Waals surface area contributed by atoms with E-state index in [2.05, 4.69) is 0 Å². The van der Waals surface area contributed by atoms with Crippen LogP contribution in [0.3, 0.4) is 0 Å². The summed E-state index contributed by atoms with van der Waals surface area (Å²) in [6, 6.07) is 5.10. The minimum atomic E-state index is -0.685. The zero-order valence-electron chi connectivity index (χ0n) is 17.7. The Labute approximate surface area is 194 Å². The number of hydrogen-bond donors (Lipinski definition) is 1. The van der Waals surface area contributed by atoms with Crippen LogP contribution in [-0.4, -0.2) is 50.5 Å². The molecule has 1 aliphatic rings. The van der Waals surface area contributed by atoms with E-state index in [1.165, 1.54) is 26.4 Å². The number of methoxy groups -OCH3 is 2. The lowest BCUT2D eigenvalue weighted by Crippen LogP contribution is -2.32. The Morgan fingerprint density at radius 3 is 2.53 bits per heavy atom. The van der Waals surface area contributed by atoms with Crippen molar-refractivity contribution in [3.05, 3.63) is 55.9 Å². The van der Waals surface area contributed by atoms with E-state index >= 15 is 0 Å². The molecule has 2 aromatic carbocycles. The number of benzene rings is 2. The zero-order valence-corrected chi connectivity index (χ0v) is 19.3. The molecule has 4 rings (SSSR count). The van der Waals surface area contributed by atoms with Crippen LogP contribution in [0.15, 0.2) is 33.5 Å². The van der Waals surface area contributed by atoms with Crippen LogP contribution in [0.25, 0.3) is 22.3 Å². The van der Waals surface area contributed by atoms with Gasteiger partial charge in [-0.05, 0) is 32.1 Å². The van der Waals surface area contributed by atoms with E-state index in [1.54, 1.807) is 6.07 Å². The van der Waals surface area contributed by atoms with E-state index in [1.807, 2.05) is 11.9 Å². The molecule has 0 bridgehead atoms. The van der Waals surface area contributed by atoms with Crippen molar-refractivity contribution in [2.24, 2.45) is 0 Å². The number of fused-ring (bicyclic) bond motifs is 1. The summed E-state index contributed by atoms with van der Waals surface area (Å²) in [6.07, 6.45) is 0.726. The number of hydrogen-bond acceptors (Lipinski definition) is 6. The molecular formula is C23H22Cl2FNO5. The highest BCUT2D eigenvalue weighted by Gasteiger charge is 2.37. The van der Waals surface area contributed by atoms with Gasteiger partial charge in [0.25, 0.3) is 0 Å². The van der Waals surface area contributed by atoms with Crippen molar-refractivity contribution in [1.29, 1.82) is 0 Å². The topological polar surface area (TPSA) is 72.1 Å². The average Bonchev–Trinajstić information content (AvgIpc) is 3.14. The molecule has 1 fully saturated rings. The lowest BCUT2D eigenvalue weighted by Gasteiger charge is -2.25. The molecule has 9 heteroatoms. The van der Waals surface area contributed by atoms with Gasteiger partial charge in [-0.1, -0.05) is 23.2 Å². The molecule has 1 saturated heterocycles. The second kappa shape index (κ2) is 8.90. The first-order valence-corrected chi connectivity index (χ1v) is 10.7. The smallest absolute Gasteiger partial charge is 0.197 e. The van der Waals surface area contributed by atoms with Gasteiger partial charge in [0.2, 0.25) is 0 Å². The lowest BCUT2D eigenvalue weighted by atomic mass is 9.89. The van der Waals surface area contributed by atoms with Crippen molar-refractivity contribution in [1.82, 2.24) is 4.90 Å². The summed E-state index contributed by atoms with van der Waals surface area (Å²) in [5.41, 5.74) is 0.730. The Bertz CT molecular complexity index is 1250. The van der Waals surface area contributed by atoms with Gasteiger partial charge in [-0.2, -0.15) is 0 Å². The lowest BCUT2D eigenvalue weighted by molar-refractivity contribution is 0.171. The summed E-state index contributed by atoms with van der Waals surface area (Å²) in [4.78, 5) is 15.2.